The Kier molecular flexibility index (Phi) is 5.67. The Bertz CT molecular complexity index is 1250. The van der Waals surface area contributed by atoms with Crippen molar-refractivity contribution in [3.05, 3.63) is 53.6 Å². The van der Waals surface area contributed by atoms with E-state index < -0.39 is 6.04 Å². The van der Waals surface area contributed by atoms with Crippen LogP contribution in [-0.4, -0.2) is 62.7 Å². The van der Waals surface area contributed by atoms with Gasteiger partial charge in [-0.2, -0.15) is 0 Å². The van der Waals surface area contributed by atoms with E-state index in [-0.39, 0.29) is 5.82 Å². The monoisotopic (exact) mass is 435 g/mol. The van der Waals surface area contributed by atoms with Crippen molar-refractivity contribution in [2.75, 3.05) is 38.2 Å². The van der Waals surface area contributed by atoms with E-state index >= 15 is 4.39 Å². The number of benzene rings is 1. The maximum Gasteiger partial charge on any atom is 0.162 e. The summed E-state index contributed by atoms with van der Waals surface area (Å²) in [5, 5.41) is 4.79. The number of H-pyrrole nitrogens is 1. The summed E-state index contributed by atoms with van der Waals surface area (Å²) in [6, 6.07) is 5.34. The van der Waals surface area contributed by atoms with Gasteiger partial charge in [-0.1, -0.05) is 18.2 Å². The summed E-state index contributed by atoms with van der Waals surface area (Å²) in [6.07, 6.45) is 3.77. The number of pyridine rings is 1. The zero-order chi connectivity index (χ0) is 22.1. The highest BCUT2D eigenvalue weighted by molar-refractivity contribution is 5.89. The smallest absolute Gasteiger partial charge is 0.162 e. The second kappa shape index (κ2) is 8.76. The Labute approximate surface area is 185 Å². The number of aromatic nitrogens is 5. The SMILES string of the molecule is Cc1cccc2c(F)c([C@H](C)Nc3ncnc4[nH]cnc34)nc(CCN3CCOCC3)c12. The lowest BCUT2D eigenvalue weighted by atomic mass is 9.99. The number of halogens is 1. The summed E-state index contributed by atoms with van der Waals surface area (Å²) in [4.78, 5) is 22.9. The molecule has 0 radical (unpaired) electrons. The van der Waals surface area contributed by atoms with E-state index in [1.807, 2.05) is 32.0 Å². The number of morpholine rings is 1. The van der Waals surface area contributed by atoms with Crippen LogP contribution in [0.5, 0.6) is 0 Å². The fourth-order valence-corrected chi connectivity index (χ4v) is 4.32. The Morgan fingerprint density at radius 2 is 2.06 bits per heavy atom. The van der Waals surface area contributed by atoms with Gasteiger partial charge >= 0.3 is 0 Å². The fourth-order valence-electron chi connectivity index (χ4n) is 4.32. The van der Waals surface area contributed by atoms with Crippen LogP contribution in [0.15, 0.2) is 30.9 Å². The van der Waals surface area contributed by atoms with Crippen molar-refractivity contribution in [1.29, 1.82) is 0 Å². The summed E-state index contributed by atoms with van der Waals surface area (Å²) in [5.41, 5.74) is 3.57. The van der Waals surface area contributed by atoms with Gasteiger partial charge in [0, 0.05) is 36.8 Å². The third kappa shape index (κ3) is 3.89. The summed E-state index contributed by atoms with van der Waals surface area (Å²) in [7, 11) is 0. The van der Waals surface area contributed by atoms with Crippen molar-refractivity contribution in [2.45, 2.75) is 26.3 Å². The summed E-state index contributed by atoms with van der Waals surface area (Å²) < 4.78 is 21.1. The maximum absolute atomic E-state index is 15.6. The summed E-state index contributed by atoms with van der Waals surface area (Å²) in [5.74, 6) is 0.246. The average Bonchev–Trinajstić information content (AvgIpc) is 3.30. The first kappa shape index (κ1) is 20.7. The summed E-state index contributed by atoms with van der Waals surface area (Å²) in [6.45, 7) is 8.10. The van der Waals surface area contributed by atoms with E-state index in [0.717, 1.165) is 55.9 Å². The predicted octanol–water partition coefficient (Wildman–Crippen LogP) is 3.40. The molecule has 1 fully saturated rings. The van der Waals surface area contributed by atoms with Gasteiger partial charge in [0.05, 0.1) is 37.0 Å². The van der Waals surface area contributed by atoms with Crippen LogP contribution >= 0.6 is 0 Å². The maximum atomic E-state index is 15.6. The van der Waals surface area contributed by atoms with E-state index in [1.165, 1.54) is 6.33 Å². The molecule has 0 unspecified atom stereocenters. The Hall–Kier alpha value is -3.17. The molecule has 1 saturated heterocycles. The highest BCUT2D eigenvalue weighted by atomic mass is 19.1. The third-order valence-corrected chi connectivity index (χ3v) is 6.03. The molecule has 32 heavy (non-hydrogen) atoms. The van der Waals surface area contributed by atoms with Crippen LogP contribution in [0.1, 0.15) is 29.9 Å². The van der Waals surface area contributed by atoms with E-state index in [9.17, 15) is 0 Å². The molecule has 3 aromatic heterocycles. The van der Waals surface area contributed by atoms with E-state index in [1.54, 1.807) is 6.33 Å². The molecule has 9 heteroatoms. The van der Waals surface area contributed by atoms with E-state index in [0.29, 0.717) is 28.1 Å². The minimum atomic E-state index is -0.406. The van der Waals surface area contributed by atoms with Crippen molar-refractivity contribution < 1.29 is 9.13 Å². The topological polar surface area (TPSA) is 91.9 Å². The molecular weight excluding hydrogens is 409 g/mol. The van der Waals surface area contributed by atoms with Gasteiger partial charge in [-0.3, -0.25) is 9.88 Å². The lowest BCUT2D eigenvalue weighted by molar-refractivity contribution is 0.0384. The number of nitrogens with one attached hydrogen (secondary N) is 2. The first-order valence-electron chi connectivity index (χ1n) is 10.9. The van der Waals surface area contributed by atoms with Gasteiger partial charge in [0.25, 0.3) is 0 Å². The molecule has 5 rings (SSSR count). The van der Waals surface area contributed by atoms with Gasteiger partial charge in [0.1, 0.15) is 11.8 Å². The Morgan fingerprint density at radius 3 is 2.91 bits per heavy atom. The molecule has 0 amide bonds. The molecule has 1 aromatic carbocycles. The second-order valence-corrected chi connectivity index (χ2v) is 8.15. The van der Waals surface area contributed by atoms with Gasteiger partial charge in [-0.05, 0) is 19.4 Å². The van der Waals surface area contributed by atoms with Crippen LogP contribution in [0.25, 0.3) is 21.9 Å². The number of hydrogen-bond acceptors (Lipinski definition) is 7. The average molecular weight is 436 g/mol. The van der Waals surface area contributed by atoms with Crippen molar-refractivity contribution in [2.24, 2.45) is 0 Å². The highest BCUT2D eigenvalue weighted by Gasteiger charge is 2.22. The highest BCUT2D eigenvalue weighted by Crippen LogP contribution is 2.30. The van der Waals surface area contributed by atoms with E-state index in [2.05, 4.69) is 30.2 Å². The molecule has 0 saturated carbocycles. The van der Waals surface area contributed by atoms with Crippen molar-refractivity contribution >= 4 is 27.8 Å². The van der Waals surface area contributed by atoms with Crippen molar-refractivity contribution in [1.82, 2.24) is 29.8 Å². The van der Waals surface area contributed by atoms with Crippen LogP contribution < -0.4 is 5.32 Å². The number of hydrogen-bond donors (Lipinski definition) is 2. The van der Waals surface area contributed by atoms with Crippen LogP contribution in [0.4, 0.5) is 10.2 Å². The number of anilines is 1. The molecule has 1 aliphatic rings. The number of nitrogens with zero attached hydrogens (tertiary/aromatic N) is 5. The van der Waals surface area contributed by atoms with Crippen LogP contribution in [0.3, 0.4) is 0 Å². The Morgan fingerprint density at radius 1 is 1.22 bits per heavy atom. The number of aromatic amines is 1. The lowest BCUT2D eigenvalue weighted by Gasteiger charge is -2.27. The number of ether oxygens (including phenoxy) is 1. The largest absolute Gasteiger partial charge is 0.379 e. The number of fused-ring (bicyclic) bond motifs is 2. The molecule has 2 N–H and O–H groups in total. The number of rotatable bonds is 6. The first-order valence-corrected chi connectivity index (χ1v) is 10.9. The second-order valence-electron chi connectivity index (χ2n) is 8.15. The zero-order valence-corrected chi connectivity index (χ0v) is 18.2. The standard InChI is InChI=1S/C23H26FN7O/c1-14-4-3-5-16-18(14)17(6-7-31-8-10-32-11-9-31)30-20(19(16)24)15(2)29-23-21-22(26-12-25-21)27-13-28-23/h3-5,12-13,15H,6-11H2,1-2H3,(H2,25,26,27,28,29)/t15-/m0/s1. The minimum Gasteiger partial charge on any atom is -0.379 e. The molecule has 0 aliphatic carbocycles. The van der Waals surface area contributed by atoms with Crippen LogP contribution in [-0.2, 0) is 11.2 Å². The lowest BCUT2D eigenvalue weighted by Crippen LogP contribution is -2.37. The fraction of sp³-hybridized carbons (Fsp3) is 0.391. The molecule has 1 aliphatic heterocycles. The normalized spacial score (nSPS) is 16.0. The third-order valence-electron chi connectivity index (χ3n) is 6.03. The molecular formula is C23H26FN7O. The molecule has 4 aromatic rings. The van der Waals surface area contributed by atoms with Gasteiger partial charge in [0.15, 0.2) is 17.3 Å². The Balaban J connectivity index is 1.50. The molecule has 8 nitrogen and oxygen atoms in total. The van der Waals surface area contributed by atoms with Crippen molar-refractivity contribution in [3.63, 3.8) is 0 Å². The molecule has 166 valence electrons. The van der Waals surface area contributed by atoms with Gasteiger partial charge in [0.2, 0.25) is 0 Å². The van der Waals surface area contributed by atoms with E-state index in [4.69, 9.17) is 9.72 Å². The van der Waals surface area contributed by atoms with Crippen molar-refractivity contribution in [3.8, 4) is 0 Å². The van der Waals surface area contributed by atoms with Crippen LogP contribution in [0.2, 0.25) is 0 Å². The van der Waals surface area contributed by atoms with Gasteiger partial charge in [-0.15, -0.1) is 0 Å². The zero-order valence-electron chi connectivity index (χ0n) is 18.2. The first-order chi connectivity index (χ1) is 15.6. The molecule has 0 spiro atoms. The predicted molar refractivity (Wildman–Crippen MR) is 121 cm³/mol. The van der Waals surface area contributed by atoms with Crippen LogP contribution in [0, 0.1) is 12.7 Å². The van der Waals surface area contributed by atoms with Gasteiger partial charge < -0.3 is 15.0 Å². The summed E-state index contributed by atoms with van der Waals surface area (Å²) >= 11 is 0. The minimum absolute atomic E-state index is 0.300. The number of aryl methyl sites for hydroxylation is 1. The van der Waals surface area contributed by atoms with Gasteiger partial charge in [-0.25, -0.2) is 19.3 Å². The number of imidazole rings is 1. The molecule has 0 bridgehead atoms. The molecule has 1 atom stereocenters. The quantitative estimate of drug-likeness (QED) is 0.480. The molecule has 4 heterocycles.